The Morgan fingerprint density at radius 2 is 1.85 bits per heavy atom. The molecule has 3 nitrogen and oxygen atoms in total. The van der Waals surface area contributed by atoms with Crippen molar-refractivity contribution in [1.29, 1.82) is 5.26 Å². The van der Waals surface area contributed by atoms with E-state index in [0.717, 1.165) is 18.0 Å². The van der Waals surface area contributed by atoms with Crippen LogP contribution in [0.15, 0.2) is 42.5 Å². The third-order valence-electron chi connectivity index (χ3n) is 3.05. The van der Waals surface area contributed by atoms with Crippen LogP contribution >= 0.6 is 0 Å². The van der Waals surface area contributed by atoms with Crippen LogP contribution < -0.4 is 10.1 Å². The fraction of sp³-hybridized carbons (Fsp3) is 0.235. The summed E-state index contributed by atoms with van der Waals surface area (Å²) < 4.78 is 5.62. The molecule has 0 saturated carbocycles. The van der Waals surface area contributed by atoms with Crippen LogP contribution in [0.1, 0.15) is 16.7 Å². The lowest BCUT2D eigenvalue weighted by molar-refractivity contribution is 0.333. The minimum atomic E-state index is 0.583. The highest BCUT2D eigenvalue weighted by molar-refractivity contribution is 5.51. The first-order valence-corrected chi connectivity index (χ1v) is 6.63. The lowest BCUT2D eigenvalue weighted by Crippen LogP contribution is -2.12. The molecule has 0 bridgehead atoms. The molecule has 0 atom stereocenters. The summed E-state index contributed by atoms with van der Waals surface area (Å²) in [5.41, 5.74) is 4.29. The normalized spacial score (nSPS) is 9.85. The number of aryl methyl sites for hydroxylation is 2. The first-order chi connectivity index (χ1) is 9.69. The molecule has 1 N–H and O–H groups in total. The van der Waals surface area contributed by atoms with Crippen LogP contribution in [0.4, 0.5) is 5.69 Å². The van der Waals surface area contributed by atoms with E-state index in [1.807, 2.05) is 12.1 Å². The van der Waals surface area contributed by atoms with Crippen molar-refractivity contribution in [3.8, 4) is 11.8 Å². The van der Waals surface area contributed by atoms with Gasteiger partial charge in [0.2, 0.25) is 0 Å². The van der Waals surface area contributed by atoms with Gasteiger partial charge >= 0.3 is 0 Å². The predicted molar refractivity (Wildman–Crippen MR) is 81.1 cm³/mol. The number of ether oxygens (including phenoxy) is 1. The Kier molecular flexibility index (Phi) is 4.62. The smallest absolute Gasteiger partial charge is 0.119 e. The second-order valence-corrected chi connectivity index (χ2v) is 4.73. The monoisotopic (exact) mass is 266 g/mol. The molecule has 3 heteroatoms. The van der Waals surface area contributed by atoms with E-state index >= 15 is 0 Å². The first kappa shape index (κ1) is 14.0. The molecule has 2 aromatic carbocycles. The minimum Gasteiger partial charge on any atom is -0.492 e. The van der Waals surface area contributed by atoms with E-state index < -0.39 is 0 Å². The summed E-state index contributed by atoms with van der Waals surface area (Å²) in [4.78, 5) is 0. The number of nitrogens with zero attached hydrogens (tertiary/aromatic N) is 1. The Morgan fingerprint density at radius 1 is 1.10 bits per heavy atom. The van der Waals surface area contributed by atoms with Crippen LogP contribution in [0, 0.1) is 25.2 Å². The van der Waals surface area contributed by atoms with Gasteiger partial charge in [0.1, 0.15) is 12.4 Å². The van der Waals surface area contributed by atoms with Crippen LogP contribution in [0.5, 0.6) is 5.75 Å². The van der Waals surface area contributed by atoms with Crippen molar-refractivity contribution in [1.82, 2.24) is 0 Å². The topological polar surface area (TPSA) is 45.0 Å². The maximum Gasteiger partial charge on any atom is 0.119 e. The molecule has 102 valence electrons. The van der Waals surface area contributed by atoms with E-state index in [-0.39, 0.29) is 0 Å². The van der Waals surface area contributed by atoms with Gasteiger partial charge < -0.3 is 10.1 Å². The van der Waals surface area contributed by atoms with E-state index in [0.29, 0.717) is 12.2 Å². The second-order valence-electron chi connectivity index (χ2n) is 4.73. The molecule has 2 rings (SSSR count). The third-order valence-corrected chi connectivity index (χ3v) is 3.05. The predicted octanol–water partition coefficient (Wildman–Crippen LogP) is 3.67. The molecule has 0 unspecified atom stereocenters. The van der Waals surface area contributed by atoms with Crippen LogP contribution in [-0.2, 0) is 0 Å². The molecule has 0 spiro atoms. The van der Waals surface area contributed by atoms with Gasteiger partial charge in [0.25, 0.3) is 0 Å². The fourth-order valence-corrected chi connectivity index (χ4v) is 1.99. The number of benzene rings is 2. The third kappa shape index (κ3) is 3.76. The molecule has 0 amide bonds. The van der Waals surface area contributed by atoms with Crippen molar-refractivity contribution in [2.45, 2.75) is 13.8 Å². The van der Waals surface area contributed by atoms with Crippen molar-refractivity contribution < 1.29 is 4.74 Å². The summed E-state index contributed by atoms with van der Waals surface area (Å²) >= 11 is 0. The van der Waals surface area contributed by atoms with Gasteiger partial charge in [0.15, 0.2) is 0 Å². The molecule has 0 saturated heterocycles. The van der Waals surface area contributed by atoms with E-state index in [2.05, 4.69) is 43.4 Å². The zero-order chi connectivity index (χ0) is 14.4. The van der Waals surface area contributed by atoms with E-state index in [9.17, 15) is 0 Å². The second kappa shape index (κ2) is 6.63. The number of anilines is 1. The zero-order valence-corrected chi connectivity index (χ0v) is 11.8. The van der Waals surface area contributed by atoms with Crippen LogP contribution in [0.25, 0.3) is 0 Å². The SMILES string of the molecule is Cc1ccc(NCCOc2ccc(C#N)cc2)c(C)c1. The van der Waals surface area contributed by atoms with Gasteiger partial charge in [-0.3, -0.25) is 0 Å². The highest BCUT2D eigenvalue weighted by Crippen LogP contribution is 2.16. The van der Waals surface area contributed by atoms with Crippen molar-refractivity contribution in [2.24, 2.45) is 0 Å². The van der Waals surface area contributed by atoms with Crippen molar-refractivity contribution in [3.05, 3.63) is 59.2 Å². The van der Waals surface area contributed by atoms with Gasteiger partial charge in [0.05, 0.1) is 11.6 Å². The van der Waals surface area contributed by atoms with E-state index in [4.69, 9.17) is 10.00 Å². The summed E-state index contributed by atoms with van der Waals surface area (Å²) in [6, 6.07) is 15.6. The molecular formula is C17H18N2O. The Balaban J connectivity index is 1.80. The van der Waals surface area contributed by atoms with Gasteiger partial charge in [-0.15, -0.1) is 0 Å². The number of rotatable bonds is 5. The van der Waals surface area contributed by atoms with Crippen LogP contribution in [0.3, 0.4) is 0 Å². The fourth-order valence-electron chi connectivity index (χ4n) is 1.99. The molecule has 0 aliphatic heterocycles. The number of nitrogens with one attached hydrogen (secondary N) is 1. The quantitative estimate of drug-likeness (QED) is 0.840. The standard InChI is InChI=1S/C17H18N2O/c1-13-3-8-17(14(2)11-13)19-9-10-20-16-6-4-15(12-18)5-7-16/h3-8,11,19H,9-10H2,1-2H3. The Bertz CT molecular complexity index is 612. The first-order valence-electron chi connectivity index (χ1n) is 6.63. The van der Waals surface area contributed by atoms with E-state index in [1.54, 1.807) is 12.1 Å². The maximum absolute atomic E-state index is 8.71. The molecule has 0 aromatic heterocycles. The van der Waals surface area contributed by atoms with Gasteiger partial charge in [-0.05, 0) is 49.7 Å². The molecule has 0 fully saturated rings. The molecule has 0 aliphatic carbocycles. The average molecular weight is 266 g/mol. The molecule has 0 radical (unpaired) electrons. The summed E-state index contributed by atoms with van der Waals surface area (Å²) in [5.74, 6) is 0.784. The van der Waals surface area contributed by atoms with Crippen molar-refractivity contribution in [3.63, 3.8) is 0 Å². The minimum absolute atomic E-state index is 0.583. The zero-order valence-electron chi connectivity index (χ0n) is 11.8. The largest absolute Gasteiger partial charge is 0.492 e. The van der Waals surface area contributed by atoms with Gasteiger partial charge in [0, 0.05) is 12.2 Å². The van der Waals surface area contributed by atoms with Crippen molar-refractivity contribution in [2.75, 3.05) is 18.5 Å². The summed E-state index contributed by atoms with van der Waals surface area (Å²) in [6.45, 7) is 5.50. The van der Waals surface area contributed by atoms with Crippen LogP contribution in [-0.4, -0.2) is 13.2 Å². The number of hydrogen-bond acceptors (Lipinski definition) is 3. The Hall–Kier alpha value is -2.47. The highest BCUT2D eigenvalue weighted by Gasteiger charge is 1.98. The van der Waals surface area contributed by atoms with E-state index in [1.165, 1.54) is 11.1 Å². The Labute approximate surface area is 119 Å². The number of hydrogen-bond donors (Lipinski definition) is 1. The lowest BCUT2D eigenvalue weighted by atomic mass is 10.1. The molecular weight excluding hydrogens is 248 g/mol. The maximum atomic E-state index is 8.71. The summed E-state index contributed by atoms with van der Waals surface area (Å²) in [7, 11) is 0. The van der Waals surface area contributed by atoms with Crippen molar-refractivity contribution >= 4 is 5.69 Å². The highest BCUT2D eigenvalue weighted by atomic mass is 16.5. The average Bonchev–Trinajstić information content (AvgIpc) is 2.46. The van der Waals surface area contributed by atoms with Crippen LogP contribution in [0.2, 0.25) is 0 Å². The molecule has 2 aromatic rings. The molecule has 20 heavy (non-hydrogen) atoms. The van der Waals surface area contributed by atoms with Gasteiger partial charge in [-0.2, -0.15) is 5.26 Å². The van der Waals surface area contributed by atoms with Gasteiger partial charge in [-0.25, -0.2) is 0 Å². The van der Waals surface area contributed by atoms with Gasteiger partial charge in [-0.1, -0.05) is 17.7 Å². The molecule has 0 heterocycles. The summed E-state index contributed by atoms with van der Waals surface area (Å²) in [5, 5.41) is 12.1. The summed E-state index contributed by atoms with van der Waals surface area (Å²) in [6.07, 6.45) is 0. The molecule has 0 aliphatic rings. The number of nitriles is 1. The lowest BCUT2D eigenvalue weighted by Gasteiger charge is -2.11. The Morgan fingerprint density at radius 3 is 2.50 bits per heavy atom.